The average Bonchev–Trinajstić information content (AvgIpc) is 2.83. The molecule has 0 aliphatic carbocycles. The number of aliphatic hydroxyl groups is 1. The zero-order valence-corrected chi connectivity index (χ0v) is 13.9. The Bertz CT molecular complexity index is 466. The Balaban J connectivity index is 2.91. The molecule has 0 aliphatic rings. The van der Waals surface area contributed by atoms with Gasteiger partial charge < -0.3 is 10.4 Å². The monoisotopic (exact) mass is 295 g/mol. The Morgan fingerprint density at radius 3 is 2.52 bits per heavy atom. The smallest absolute Gasteiger partial charge is 0.272 e. The third kappa shape index (κ3) is 4.30. The first-order chi connectivity index (χ1) is 9.90. The summed E-state index contributed by atoms with van der Waals surface area (Å²) >= 11 is 0. The molecule has 0 bridgehead atoms. The maximum absolute atomic E-state index is 12.4. The first-order valence-corrected chi connectivity index (χ1v) is 7.90. The molecule has 0 aliphatic heterocycles. The van der Waals surface area contributed by atoms with Gasteiger partial charge in [-0.05, 0) is 45.6 Å². The van der Waals surface area contributed by atoms with Gasteiger partial charge in [0.25, 0.3) is 5.91 Å². The normalized spacial score (nSPS) is 14.2. The molecule has 1 amide bonds. The van der Waals surface area contributed by atoms with Gasteiger partial charge in [-0.25, -0.2) is 0 Å². The Morgan fingerprint density at radius 1 is 1.43 bits per heavy atom. The van der Waals surface area contributed by atoms with Crippen molar-refractivity contribution in [2.45, 2.75) is 71.9 Å². The summed E-state index contributed by atoms with van der Waals surface area (Å²) in [6.45, 7) is 10.3. The Kier molecular flexibility index (Phi) is 6.40. The first-order valence-electron chi connectivity index (χ1n) is 7.90. The molecule has 21 heavy (non-hydrogen) atoms. The van der Waals surface area contributed by atoms with Crippen molar-refractivity contribution in [2.75, 3.05) is 6.61 Å². The third-order valence-corrected chi connectivity index (χ3v) is 4.30. The van der Waals surface area contributed by atoms with Gasteiger partial charge in [-0.1, -0.05) is 20.8 Å². The van der Waals surface area contributed by atoms with Crippen molar-refractivity contribution in [3.05, 3.63) is 17.5 Å². The van der Waals surface area contributed by atoms with Crippen LogP contribution in [-0.2, 0) is 0 Å². The van der Waals surface area contributed by atoms with E-state index >= 15 is 0 Å². The maximum Gasteiger partial charge on any atom is 0.272 e. The number of nitrogens with one attached hydrogen (secondary N) is 1. The molecule has 5 nitrogen and oxygen atoms in total. The zero-order chi connectivity index (χ0) is 16.0. The van der Waals surface area contributed by atoms with Gasteiger partial charge in [0.15, 0.2) is 0 Å². The summed E-state index contributed by atoms with van der Waals surface area (Å²) in [4.78, 5) is 12.4. The fraction of sp³-hybridized carbons (Fsp3) is 0.750. The molecular formula is C16H29N3O2. The van der Waals surface area contributed by atoms with Crippen molar-refractivity contribution in [3.63, 3.8) is 0 Å². The second-order valence-electron chi connectivity index (χ2n) is 5.93. The van der Waals surface area contributed by atoms with E-state index in [1.54, 1.807) is 0 Å². The molecule has 0 radical (unpaired) electrons. The number of amides is 1. The molecule has 5 heteroatoms. The minimum absolute atomic E-state index is 0.0613. The molecule has 1 rings (SSSR count). The van der Waals surface area contributed by atoms with Crippen molar-refractivity contribution in [1.29, 1.82) is 0 Å². The van der Waals surface area contributed by atoms with Crippen LogP contribution in [0.3, 0.4) is 0 Å². The molecule has 1 aromatic rings. The van der Waals surface area contributed by atoms with Crippen molar-refractivity contribution in [1.82, 2.24) is 15.1 Å². The van der Waals surface area contributed by atoms with Crippen molar-refractivity contribution in [2.24, 2.45) is 0 Å². The molecule has 120 valence electrons. The Morgan fingerprint density at radius 2 is 2.05 bits per heavy atom. The second kappa shape index (κ2) is 7.59. The summed E-state index contributed by atoms with van der Waals surface area (Å²) in [5.41, 5.74) is 1.07. The van der Waals surface area contributed by atoms with Crippen molar-refractivity contribution < 1.29 is 9.90 Å². The topological polar surface area (TPSA) is 67.2 Å². The van der Waals surface area contributed by atoms with Crippen LogP contribution in [-0.4, -0.2) is 32.9 Å². The van der Waals surface area contributed by atoms with E-state index in [0.29, 0.717) is 18.2 Å². The van der Waals surface area contributed by atoms with Crippen LogP contribution < -0.4 is 5.32 Å². The summed E-state index contributed by atoms with van der Waals surface area (Å²) in [7, 11) is 0. The van der Waals surface area contributed by atoms with Crippen LogP contribution in [0, 0.1) is 6.92 Å². The molecule has 0 aromatic carbocycles. The number of aromatic nitrogens is 2. The van der Waals surface area contributed by atoms with Crippen LogP contribution in [0.4, 0.5) is 0 Å². The molecule has 1 unspecified atom stereocenters. The quantitative estimate of drug-likeness (QED) is 0.775. The fourth-order valence-electron chi connectivity index (χ4n) is 2.52. The van der Waals surface area contributed by atoms with Gasteiger partial charge in [0.1, 0.15) is 5.69 Å². The molecule has 0 spiro atoms. The molecule has 0 fully saturated rings. The van der Waals surface area contributed by atoms with Crippen LogP contribution in [0.2, 0.25) is 0 Å². The second-order valence-corrected chi connectivity index (χ2v) is 5.93. The van der Waals surface area contributed by atoms with E-state index in [2.05, 4.69) is 24.3 Å². The maximum atomic E-state index is 12.4. The predicted molar refractivity (Wildman–Crippen MR) is 84.4 cm³/mol. The predicted octanol–water partition coefficient (Wildman–Crippen LogP) is 2.83. The summed E-state index contributed by atoms with van der Waals surface area (Å²) in [5, 5.41) is 16.6. The minimum atomic E-state index is -0.390. The van der Waals surface area contributed by atoms with Crippen LogP contribution >= 0.6 is 0 Å². The van der Waals surface area contributed by atoms with E-state index in [4.69, 9.17) is 5.11 Å². The van der Waals surface area contributed by atoms with Crippen LogP contribution in [0.15, 0.2) is 6.07 Å². The molecule has 1 atom stereocenters. The lowest BCUT2D eigenvalue weighted by Crippen LogP contribution is -2.46. The number of carbonyl (C=O) groups excluding carboxylic acids is 1. The summed E-state index contributed by atoms with van der Waals surface area (Å²) in [5.74, 6) is -0.166. The van der Waals surface area contributed by atoms with E-state index < -0.39 is 5.54 Å². The highest BCUT2D eigenvalue weighted by molar-refractivity contribution is 5.92. The van der Waals surface area contributed by atoms with E-state index in [1.165, 1.54) is 0 Å². The number of carbonyl (C=O) groups is 1. The van der Waals surface area contributed by atoms with Crippen LogP contribution in [0.25, 0.3) is 0 Å². The number of aliphatic hydroxyl groups excluding tert-OH is 1. The zero-order valence-electron chi connectivity index (χ0n) is 13.9. The first kappa shape index (κ1) is 17.7. The van der Waals surface area contributed by atoms with Crippen molar-refractivity contribution in [3.8, 4) is 0 Å². The number of hydrogen-bond acceptors (Lipinski definition) is 3. The highest BCUT2D eigenvalue weighted by Gasteiger charge is 2.26. The van der Waals surface area contributed by atoms with Gasteiger partial charge in [-0.2, -0.15) is 5.10 Å². The van der Waals surface area contributed by atoms with Gasteiger partial charge in [0.05, 0.1) is 6.04 Å². The molecule has 0 saturated heterocycles. The highest BCUT2D eigenvalue weighted by atomic mass is 16.3. The van der Waals surface area contributed by atoms with Gasteiger partial charge in [0.2, 0.25) is 0 Å². The standard InChI is InChI=1S/C16H29N3O2/c1-6-13(7-2)19-12(4)11-14(18-19)15(21)17-16(5,8-3)9-10-20/h11,13,20H,6-10H2,1-5H3,(H,17,21). The number of hydrogen-bond donors (Lipinski definition) is 2. The molecule has 1 aromatic heterocycles. The van der Waals surface area contributed by atoms with Gasteiger partial charge in [0, 0.05) is 17.8 Å². The highest BCUT2D eigenvalue weighted by Crippen LogP contribution is 2.19. The average molecular weight is 295 g/mol. The molecular weight excluding hydrogens is 266 g/mol. The van der Waals surface area contributed by atoms with E-state index in [1.807, 2.05) is 31.5 Å². The molecule has 1 heterocycles. The third-order valence-electron chi connectivity index (χ3n) is 4.30. The largest absolute Gasteiger partial charge is 0.396 e. The van der Waals surface area contributed by atoms with Gasteiger partial charge in [-0.3, -0.25) is 9.48 Å². The van der Waals surface area contributed by atoms with Gasteiger partial charge >= 0.3 is 0 Å². The summed E-state index contributed by atoms with van der Waals surface area (Å²) in [6, 6.07) is 2.17. The lowest BCUT2D eigenvalue weighted by atomic mass is 9.95. The SMILES string of the molecule is CCC(CC)n1nc(C(=O)NC(C)(CC)CCO)cc1C. The minimum Gasteiger partial charge on any atom is -0.396 e. The van der Waals surface area contributed by atoms with Crippen molar-refractivity contribution >= 4 is 5.91 Å². The summed E-state index contributed by atoms with van der Waals surface area (Å²) in [6.07, 6.45) is 3.31. The number of nitrogens with zero attached hydrogens (tertiary/aromatic N) is 2. The summed E-state index contributed by atoms with van der Waals surface area (Å²) < 4.78 is 1.95. The lowest BCUT2D eigenvalue weighted by molar-refractivity contribution is 0.0879. The van der Waals surface area contributed by atoms with E-state index in [9.17, 15) is 4.79 Å². The Hall–Kier alpha value is -1.36. The molecule has 0 saturated carbocycles. The lowest BCUT2D eigenvalue weighted by Gasteiger charge is -2.28. The number of rotatable bonds is 8. The van der Waals surface area contributed by atoms with Crippen LogP contribution in [0.1, 0.15) is 75.6 Å². The number of aryl methyl sites for hydroxylation is 1. The van der Waals surface area contributed by atoms with E-state index in [0.717, 1.165) is 25.0 Å². The Labute approximate surface area is 127 Å². The van der Waals surface area contributed by atoms with E-state index in [-0.39, 0.29) is 12.5 Å². The van der Waals surface area contributed by atoms with Crippen LogP contribution in [0.5, 0.6) is 0 Å². The van der Waals surface area contributed by atoms with Gasteiger partial charge in [-0.15, -0.1) is 0 Å². The molecule has 2 N–H and O–H groups in total. The fourth-order valence-corrected chi connectivity index (χ4v) is 2.52.